The molecule has 0 saturated carbocycles. The van der Waals surface area contributed by atoms with E-state index in [1.807, 2.05) is 0 Å². The maximum atomic E-state index is 13.9. The Kier molecular flexibility index (Phi) is 8.53. The first kappa shape index (κ1) is 34.6. The summed E-state index contributed by atoms with van der Waals surface area (Å²) in [4.78, 5) is 21.3. The summed E-state index contributed by atoms with van der Waals surface area (Å²) in [7, 11) is 0. The zero-order chi connectivity index (χ0) is 30.6. The van der Waals surface area contributed by atoms with Gasteiger partial charge in [-0.1, -0.05) is 0 Å². The quantitative estimate of drug-likeness (QED) is 0.173. The summed E-state index contributed by atoms with van der Waals surface area (Å²) < 4.78 is 258. The number of alkyl halides is 19. The first-order chi connectivity index (χ1) is 15.7. The predicted molar refractivity (Wildman–Crippen MR) is 73.0 cm³/mol. The Labute approximate surface area is 189 Å². The van der Waals surface area contributed by atoms with Gasteiger partial charge in [-0.3, -0.25) is 9.59 Å². The van der Waals surface area contributed by atoms with Crippen molar-refractivity contribution in [1.82, 2.24) is 0 Å². The van der Waals surface area contributed by atoms with Gasteiger partial charge in [0, 0.05) is 13.8 Å². The number of ether oxygens (including phenoxy) is 2. The molecule has 23 heteroatoms. The summed E-state index contributed by atoms with van der Waals surface area (Å²) in [6.07, 6.45) is -12.7. The van der Waals surface area contributed by atoms with E-state index in [0.717, 1.165) is 0 Å². The topological polar surface area (TPSA) is 52.6 Å². The Morgan fingerprint density at radius 3 is 0.865 bits per heavy atom. The van der Waals surface area contributed by atoms with Crippen LogP contribution in [0.3, 0.4) is 0 Å². The largest absolute Gasteiger partial charge is 0.460 e. The van der Waals surface area contributed by atoms with Crippen molar-refractivity contribution in [3.8, 4) is 0 Å². The Morgan fingerprint density at radius 1 is 0.432 bits per heavy atom. The van der Waals surface area contributed by atoms with Gasteiger partial charge >= 0.3 is 71.8 Å². The van der Waals surface area contributed by atoms with Gasteiger partial charge in [-0.25, -0.2) is 0 Å². The van der Waals surface area contributed by atoms with Crippen LogP contribution in [0.25, 0.3) is 0 Å². The summed E-state index contributed by atoms with van der Waals surface area (Å²) >= 11 is 0. The van der Waals surface area contributed by atoms with Crippen molar-refractivity contribution < 1.29 is 102 Å². The van der Waals surface area contributed by atoms with Crippen LogP contribution in [0.1, 0.15) is 13.8 Å². The minimum absolute atomic E-state index is 0.0188. The third kappa shape index (κ3) is 4.80. The number of carbonyl (C=O) groups is 2. The lowest BCUT2D eigenvalue weighted by atomic mass is 9.87. The van der Waals surface area contributed by atoms with E-state index in [0.29, 0.717) is 0 Å². The molecule has 0 rings (SSSR count). The predicted octanol–water partition coefficient (Wildman–Crippen LogP) is 6.08. The summed E-state index contributed by atoms with van der Waals surface area (Å²) in [5.74, 6) is -73.3. The van der Waals surface area contributed by atoms with Crippen molar-refractivity contribution in [3.05, 3.63) is 0 Å². The number of hydrogen-bond acceptors (Lipinski definition) is 4. The van der Waals surface area contributed by atoms with Gasteiger partial charge in [-0.05, 0) is 0 Å². The van der Waals surface area contributed by atoms with E-state index >= 15 is 0 Å². The number of hydrogen-bond donors (Lipinski definition) is 0. The van der Waals surface area contributed by atoms with E-state index in [-0.39, 0.29) is 13.8 Å². The van der Waals surface area contributed by atoms with Crippen LogP contribution >= 0.6 is 0 Å². The van der Waals surface area contributed by atoms with Crippen molar-refractivity contribution in [3.63, 3.8) is 0 Å². The highest BCUT2D eigenvalue weighted by atomic mass is 19.4. The van der Waals surface area contributed by atoms with Crippen LogP contribution < -0.4 is 0 Å². The third-order valence-corrected chi connectivity index (χ3v) is 3.98. The van der Waals surface area contributed by atoms with Gasteiger partial charge in [0.1, 0.15) is 0 Å². The molecule has 0 radical (unpaired) electrons. The SMILES string of the molecule is CC(=O)OC(OC(C)=O)C(F)(F)C(F)(F)C(F)(F)C(F)(F)C(F)(F)C(F)(F)C(F)(F)C(F)(F)C(F)(F)F. The molecule has 0 aromatic carbocycles. The van der Waals surface area contributed by atoms with Crippen LogP contribution in [0.4, 0.5) is 83.4 Å². The van der Waals surface area contributed by atoms with Gasteiger partial charge in [0.05, 0.1) is 0 Å². The number of carbonyl (C=O) groups excluding carboxylic acids is 2. The average molecular weight is 600 g/mol. The van der Waals surface area contributed by atoms with Crippen molar-refractivity contribution in [1.29, 1.82) is 0 Å². The summed E-state index contributed by atoms with van der Waals surface area (Å²) in [6.45, 7) is -0.0375. The highest BCUT2D eigenvalue weighted by Gasteiger charge is 2.97. The molecule has 0 N–H and O–H groups in total. The van der Waals surface area contributed by atoms with Gasteiger partial charge < -0.3 is 9.47 Å². The fraction of sp³-hybridized carbons (Fsp3) is 0.857. The van der Waals surface area contributed by atoms with E-state index in [4.69, 9.17) is 0 Å². The molecule has 0 saturated heterocycles. The van der Waals surface area contributed by atoms with Gasteiger partial charge in [0.25, 0.3) is 0 Å². The number of esters is 2. The number of rotatable bonds is 10. The van der Waals surface area contributed by atoms with Gasteiger partial charge in [-0.2, -0.15) is 83.4 Å². The van der Waals surface area contributed by atoms with Crippen LogP contribution in [0, 0.1) is 0 Å². The highest BCUT2D eigenvalue weighted by Crippen LogP contribution is 2.65. The zero-order valence-electron chi connectivity index (χ0n) is 16.9. The molecule has 4 nitrogen and oxygen atoms in total. The third-order valence-electron chi connectivity index (χ3n) is 3.98. The maximum absolute atomic E-state index is 13.9. The Hall–Kier alpha value is -2.39. The van der Waals surface area contributed by atoms with Crippen LogP contribution in [0.2, 0.25) is 0 Å². The summed E-state index contributed by atoms with van der Waals surface area (Å²) in [6, 6.07) is 0. The molecule has 0 aromatic rings. The Bertz CT molecular complexity index is 858. The van der Waals surface area contributed by atoms with Crippen molar-refractivity contribution in [2.75, 3.05) is 0 Å². The standard InChI is InChI=1S/C14H7F19O4/c1-3(34)36-5(37-4(2)35)6(15,16)7(17,18)8(19,20)9(21,22)10(23,24)11(25,26)12(27,28)13(29,30)14(31,32)33/h5H,1-2H3. The van der Waals surface area contributed by atoms with Crippen LogP contribution in [0.15, 0.2) is 0 Å². The van der Waals surface area contributed by atoms with Crippen LogP contribution in [0.5, 0.6) is 0 Å². The Morgan fingerprint density at radius 2 is 0.649 bits per heavy atom. The first-order valence-corrected chi connectivity index (χ1v) is 8.17. The van der Waals surface area contributed by atoms with E-state index in [1.165, 1.54) is 0 Å². The van der Waals surface area contributed by atoms with Crippen LogP contribution in [-0.4, -0.2) is 71.8 Å². The molecule has 0 fully saturated rings. The van der Waals surface area contributed by atoms with Crippen molar-refractivity contribution >= 4 is 11.9 Å². The molecule has 0 amide bonds. The molecule has 220 valence electrons. The van der Waals surface area contributed by atoms with Crippen molar-refractivity contribution in [2.24, 2.45) is 0 Å². The zero-order valence-corrected chi connectivity index (χ0v) is 16.9. The molecular weight excluding hydrogens is 593 g/mol. The second-order valence-corrected chi connectivity index (χ2v) is 6.69. The minimum atomic E-state index is -9.10. The normalized spacial score (nSPS) is 15.6. The van der Waals surface area contributed by atoms with Gasteiger partial charge in [0.2, 0.25) is 0 Å². The van der Waals surface area contributed by atoms with Gasteiger partial charge in [0.15, 0.2) is 0 Å². The fourth-order valence-corrected chi connectivity index (χ4v) is 1.99. The molecule has 0 aliphatic heterocycles. The average Bonchev–Trinajstić information content (AvgIpc) is 2.64. The minimum Gasteiger partial charge on any atom is -0.418 e. The summed E-state index contributed by atoms with van der Waals surface area (Å²) in [5, 5.41) is 0. The van der Waals surface area contributed by atoms with E-state index < -0.39 is 71.8 Å². The molecule has 37 heavy (non-hydrogen) atoms. The molecule has 0 unspecified atom stereocenters. The van der Waals surface area contributed by atoms with E-state index in [1.54, 1.807) is 0 Å². The maximum Gasteiger partial charge on any atom is 0.460 e. The lowest BCUT2D eigenvalue weighted by molar-refractivity contribution is -0.473. The first-order valence-electron chi connectivity index (χ1n) is 8.17. The monoisotopic (exact) mass is 600 g/mol. The fourth-order valence-electron chi connectivity index (χ4n) is 1.99. The lowest BCUT2D eigenvalue weighted by Gasteiger charge is -2.44. The smallest absolute Gasteiger partial charge is 0.418 e. The second-order valence-electron chi connectivity index (χ2n) is 6.69. The van der Waals surface area contributed by atoms with Crippen molar-refractivity contribution in [2.45, 2.75) is 73.7 Å². The van der Waals surface area contributed by atoms with Crippen LogP contribution in [-0.2, 0) is 19.1 Å². The second kappa shape index (κ2) is 9.12. The molecule has 0 bridgehead atoms. The number of halogens is 19. The Balaban J connectivity index is 7.08. The summed E-state index contributed by atoms with van der Waals surface area (Å²) in [5.41, 5.74) is 0. The molecule has 0 atom stereocenters. The molecule has 0 aromatic heterocycles. The molecule has 0 heterocycles. The molecular formula is C14H7F19O4. The molecule has 0 spiro atoms. The van der Waals surface area contributed by atoms with E-state index in [2.05, 4.69) is 9.47 Å². The molecule has 0 aliphatic carbocycles. The lowest BCUT2D eigenvalue weighted by Crippen LogP contribution is -2.76. The van der Waals surface area contributed by atoms with Gasteiger partial charge in [-0.15, -0.1) is 0 Å². The molecule has 0 aliphatic rings. The highest BCUT2D eigenvalue weighted by molar-refractivity contribution is 5.68. The van der Waals surface area contributed by atoms with E-state index in [9.17, 15) is 93.0 Å².